The first-order valence-electron chi connectivity index (χ1n) is 9.60. The number of hydrogen-bond acceptors (Lipinski definition) is 6. The molecular weight excluding hydrogens is 451 g/mol. The Morgan fingerprint density at radius 3 is 2.40 bits per heavy atom. The van der Waals surface area contributed by atoms with Crippen LogP contribution in [0.4, 0.5) is 11.4 Å². The van der Waals surface area contributed by atoms with E-state index < -0.39 is 10.0 Å². The summed E-state index contributed by atoms with van der Waals surface area (Å²) in [5.74, 6) is 0.946. The van der Waals surface area contributed by atoms with Gasteiger partial charge in [-0.3, -0.25) is 4.72 Å². The first-order chi connectivity index (χ1) is 14.4. The van der Waals surface area contributed by atoms with Crippen molar-refractivity contribution >= 4 is 44.6 Å². The van der Waals surface area contributed by atoms with Crippen LogP contribution in [0.1, 0.15) is 13.8 Å². The van der Waals surface area contributed by atoms with Gasteiger partial charge < -0.3 is 19.1 Å². The molecule has 0 radical (unpaired) electrons. The van der Waals surface area contributed by atoms with Gasteiger partial charge in [0.25, 0.3) is 10.0 Å². The predicted molar refractivity (Wildman–Crippen MR) is 119 cm³/mol. The van der Waals surface area contributed by atoms with Crippen molar-refractivity contribution < 1.29 is 22.6 Å². The van der Waals surface area contributed by atoms with E-state index in [2.05, 4.69) is 9.62 Å². The number of hydrogen-bond donors (Lipinski definition) is 1. The zero-order valence-corrected chi connectivity index (χ0v) is 19.1. The molecule has 1 aliphatic heterocycles. The zero-order chi connectivity index (χ0) is 21.7. The van der Waals surface area contributed by atoms with E-state index in [9.17, 15) is 8.42 Å². The molecule has 0 saturated carbocycles. The van der Waals surface area contributed by atoms with Crippen LogP contribution in [0.5, 0.6) is 11.5 Å². The highest BCUT2D eigenvalue weighted by Gasteiger charge is 2.24. The Morgan fingerprint density at radius 2 is 1.73 bits per heavy atom. The topological polar surface area (TPSA) is 77.1 Å². The summed E-state index contributed by atoms with van der Waals surface area (Å²) < 4.78 is 45.6. The van der Waals surface area contributed by atoms with Crippen LogP contribution in [0.2, 0.25) is 10.0 Å². The van der Waals surface area contributed by atoms with Gasteiger partial charge in [0.1, 0.15) is 16.4 Å². The third-order valence-corrected chi connectivity index (χ3v) is 6.80. The molecule has 0 spiro atoms. The molecule has 0 amide bonds. The lowest BCUT2D eigenvalue weighted by Gasteiger charge is -2.31. The second-order valence-electron chi connectivity index (χ2n) is 6.44. The molecule has 2 aromatic rings. The molecule has 1 N–H and O–H groups in total. The lowest BCUT2D eigenvalue weighted by Crippen LogP contribution is -2.36. The maximum Gasteiger partial charge on any atom is 0.263 e. The SMILES string of the molecule is CCOc1cc(N2CCOCC2)c(OCC)cc1NS(=O)(=O)c1cccc(Cl)c1Cl. The molecule has 0 bridgehead atoms. The van der Waals surface area contributed by atoms with Crippen LogP contribution in [-0.2, 0) is 14.8 Å². The molecule has 3 rings (SSSR count). The molecule has 0 unspecified atom stereocenters. The predicted octanol–water partition coefficient (Wildman–Crippen LogP) is 4.43. The largest absolute Gasteiger partial charge is 0.492 e. The number of benzene rings is 2. The van der Waals surface area contributed by atoms with Gasteiger partial charge in [-0.05, 0) is 26.0 Å². The van der Waals surface area contributed by atoms with E-state index in [1.165, 1.54) is 18.2 Å². The fourth-order valence-corrected chi connectivity index (χ4v) is 4.94. The molecular formula is C20H24Cl2N2O5S. The smallest absolute Gasteiger partial charge is 0.263 e. The Morgan fingerprint density at radius 1 is 1.07 bits per heavy atom. The number of morpholine rings is 1. The van der Waals surface area contributed by atoms with Crippen molar-refractivity contribution in [1.82, 2.24) is 0 Å². The molecule has 1 fully saturated rings. The minimum atomic E-state index is -4.01. The van der Waals surface area contributed by atoms with Crippen LogP contribution < -0.4 is 19.1 Å². The molecule has 164 valence electrons. The summed E-state index contributed by atoms with van der Waals surface area (Å²) in [4.78, 5) is 2.01. The maximum atomic E-state index is 13.0. The number of ether oxygens (including phenoxy) is 3. The van der Waals surface area contributed by atoms with Crippen LogP contribution in [0.15, 0.2) is 35.2 Å². The highest BCUT2D eigenvalue weighted by molar-refractivity contribution is 7.92. The zero-order valence-electron chi connectivity index (χ0n) is 16.8. The van der Waals surface area contributed by atoms with Crippen LogP contribution in [0.3, 0.4) is 0 Å². The Hall–Kier alpha value is -1.87. The summed E-state index contributed by atoms with van der Waals surface area (Å²) in [6.07, 6.45) is 0. The second kappa shape index (κ2) is 9.96. The molecule has 10 heteroatoms. The van der Waals surface area contributed by atoms with Crippen molar-refractivity contribution in [3.8, 4) is 11.5 Å². The fraction of sp³-hybridized carbons (Fsp3) is 0.400. The molecule has 1 heterocycles. The minimum absolute atomic E-state index is 0.0420. The third kappa shape index (κ3) is 5.06. The molecule has 7 nitrogen and oxygen atoms in total. The highest BCUT2D eigenvalue weighted by Crippen LogP contribution is 2.40. The van der Waals surface area contributed by atoms with E-state index in [0.29, 0.717) is 51.0 Å². The highest BCUT2D eigenvalue weighted by atomic mass is 35.5. The summed E-state index contributed by atoms with van der Waals surface area (Å²) in [6.45, 7) is 7.12. The van der Waals surface area contributed by atoms with Crippen molar-refractivity contribution in [1.29, 1.82) is 0 Å². The number of halogens is 2. The summed E-state index contributed by atoms with van der Waals surface area (Å²) >= 11 is 12.1. The van der Waals surface area contributed by atoms with Crippen LogP contribution >= 0.6 is 23.2 Å². The molecule has 0 aliphatic carbocycles. The second-order valence-corrected chi connectivity index (χ2v) is 8.87. The van der Waals surface area contributed by atoms with Crippen LogP contribution in [0.25, 0.3) is 0 Å². The molecule has 1 saturated heterocycles. The van der Waals surface area contributed by atoms with Gasteiger partial charge in [-0.1, -0.05) is 29.3 Å². The summed E-state index contributed by atoms with van der Waals surface area (Å²) in [5, 5.41) is 0.113. The average Bonchev–Trinajstić information content (AvgIpc) is 2.72. The third-order valence-electron chi connectivity index (χ3n) is 4.46. The molecule has 30 heavy (non-hydrogen) atoms. The fourth-order valence-electron chi connectivity index (χ4n) is 3.12. The van der Waals surface area contributed by atoms with Crippen molar-refractivity contribution in [3.05, 3.63) is 40.4 Å². The quantitative estimate of drug-likeness (QED) is 0.609. The van der Waals surface area contributed by atoms with Gasteiger partial charge in [-0.2, -0.15) is 0 Å². The Labute approximate surface area is 186 Å². The van der Waals surface area contributed by atoms with E-state index in [-0.39, 0.29) is 20.6 Å². The van der Waals surface area contributed by atoms with Crippen LogP contribution in [0, 0.1) is 0 Å². The minimum Gasteiger partial charge on any atom is -0.492 e. The molecule has 1 aliphatic rings. The number of nitrogens with zero attached hydrogens (tertiary/aromatic N) is 1. The summed E-state index contributed by atoms with van der Waals surface area (Å²) in [7, 11) is -4.01. The van der Waals surface area contributed by atoms with Gasteiger partial charge in [0.05, 0.1) is 47.8 Å². The van der Waals surface area contributed by atoms with Crippen molar-refractivity contribution in [2.24, 2.45) is 0 Å². The van der Waals surface area contributed by atoms with Gasteiger partial charge in [0.2, 0.25) is 0 Å². The van der Waals surface area contributed by atoms with Crippen molar-refractivity contribution in [2.75, 3.05) is 49.1 Å². The van der Waals surface area contributed by atoms with Gasteiger partial charge in [0.15, 0.2) is 0 Å². The summed E-state index contributed by atoms with van der Waals surface area (Å²) in [5.41, 5.74) is 1.08. The average molecular weight is 475 g/mol. The maximum absolute atomic E-state index is 13.0. The lowest BCUT2D eigenvalue weighted by atomic mass is 10.2. The standard InChI is InChI=1S/C20H24Cl2N2O5S/c1-3-28-17-13-16(24-8-10-27-11-9-24)18(29-4-2)12-15(17)23-30(25,26)19-7-5-6-14(21)20(19)22/h5-7,12-13,23H,3-4,8-11H2,1-2H3. The van der Waals surface area contributed by atoms with E-state index in [4.69, 9.17) is 37.4 Å². The van der Waals surface area contributed by atoms with Crippen molar-refractivity contribution in [2.45, 2.75) is 18.7 Å². The Balaban J connectivity index is 2.04. The number of nitrogens with one attached hydrogen (secondary N) is 1. The normalized spacial score (nSPS) is 14.5. The monoisotopic (exact) mass is 474 g/mol. The van der Waals surface area contributed by atoms with Gasteiger partial charge in [-0.15, -0.1) is 0 Å². The van der Waals surface area contributed by atoms with E-state index in [0.717, 1.165) is 5.69 Å². The molecule has 0 aromatic heterocycles. The van der Waals surface area contributed by atoms with Gasteiger partial charge in [0, 0.05) is 25.2 Å². The van der Waals surface area contributed by atoms with Crippen LogP contribution in [-0.4, -0.2) is 47.9 Å². The molecule has 0 atom stereocenters. The van der Waals surface area contributed by atoms with Gasteiger partial charge in [-0.25, -0.2) is 8.42 Å². The number of rotatable bonds is 8. The van der Waals surface area contributed by atoms with Gasteiger partial charge >= 0.3 is 0 Å². The first kappa shape index (κ1) is 22.8. The Kier molecular flexibility index (Phi) is 7.57. The van der Waals surface area contributed by atoms with E-state index in [1.54, 1.807) is 12.1 Å². The van der Waals surface area contributed by atoms with E-state index in [1.807, 2.05) is 13.8 Å². The lowest BCUT2D eigenvalue weighted by molar-refractivity contribution is 0.122. The summed E-state index contributed by atoms with van der Waals surface area (Å²) in [6, 6.07) is 7.87. The number of anilines is 2. The van der Waals surface area contributed by atoms with Crippen molar-refractivity contribution in [3.63, 3.8) is 0 Å². The number of sulfonamides is 1. The first-order valence-corrected chi connectivity index (χ1v) is 11.8. The Bertz CT molecular complexity index is 995. The molecule has 2 aromatic carbocycles. The van der Waals surface area contributed by atoms with E-state index >= 15 is 0 Å².